The van der Waals surface area contributed by atoms with Gasteiger partial charge < -0.3 is 10.5 Å². The molecule has 0 heterocycles. The summed E-state index contributed by atoms with van der Waals surface area (Å²) in [6, 6.07) is 4.67. The minimum atomic E-state index is 0.273. The molecule has 1 aromatic carbocycles. The summed E-state index contributed by atoms with van der Waals surface area (Å²) < 4.78 is 5.53. The van der Waals surface area contributed by atoms with Crippen molar-refractivity contribution in [2.24, 2.45) is 5.73 Å². The summed E-state index contributed by atoms with van der Waals surface area (Å²) in [5.41, 5.74) is 9.64. The standard InChI is InChI=1S/C15H25NO/c1-10-8-12(3)15(17-5)14(9-10)11(2)6-7-13(4)16/h8-9,11,13H,6-7,16H2,1-5H3. The Balaban J connectivity index is 2.95. The van der Waals surface area contributed by atoms with Crippen LogP contribution in [0.1, 0.15) is 49.3 Å². The highest BCUT2D eigenvalue weighted by molar-refractivity contribution is 5.45. The predicted molar refractivity (Wildman–Crippen MR) is 73.8 cm³/mol. The van der Waals surface area contributed by atoms with Crippen LogP contribution in [0, 0.1) is 13.8 Å². The number of ether oxygens (including phenoxy) is 1. The normalized spacial score (nSPS) is 14.5. The monoisotopic (exact) mass is 235 g/mol. The van der Waals surface area contributed by atoms with Crippen molar-refractivity contribution in [3.8, 4) is 5.75 Å². The van der Waals surface area contributed by atoms with Crippen LogP contribution >= 0.6 is 0 Å². The van der Waals surface area contributed by atoms with Crippen LogP contribution in [-0.2, 0) is 0 Å². The Hall–Kier alpha value is -1.02. The van der Waals surface area contributed by atoms with Crippen LogP contribution in [0.25, 0.3) is 0 Å². The molecule has 0 fully saturated rings. The Morgan fingerprint density at radius 1 is 1.18 bits per heavy atom. The second-order valence-electron chi connectivity index (χ2n) is 5.16. The van der Waals surface area contributed by atoms with Crippen LogP contribution in [0.4, 0.5) is 0 Å². The largest absolute Gasteiger partial charge is 0.496 e. The fraction of sp³-hybridized carbons (Fsp3) is 0.600. The van der Waals surface area contributed by atoms with Gasteiger partial charge in [-0.1, -0.05) is 24.6 Å². The van der Waals surface area contributed by atoms with Gasteiger partial charge in [0.2, 0.25) is 0 Å². The molecule has 0 aliphatic heterocycles. The molecule has 0 spiro atoms. The van der Waals surface area contributed by atoms with E-state index in [0.29, 0.717) is 5.92 Å². The van der Waals surface area contributed by atoms with Gasteiger partial charge in [0, 0.05) is 6.04 Å². The van der Waals surface area contributed by atoms with Gasteiger partial charge in [0.25, 0.3) is 0 Å². The molecule has 0 radical (unpaired) electrons. The highest BCUT2D eigenvalue weighted by Gasteiger charge is 2.14. The third-order valence-corrected chi connectivity index (χ3v) is 3.24. The van der Waals surface area contributed by atoms with Crippen molar-refractivity contribution in [1.29, 1.82) is 0 Å². The highest BCUT2D eigenvalue weighted by atomic mass is 16.5. The van der Waals surface area contributed by atoms with Crippen LogP contribution < -0.4 is 10.5 Å². The van der Waals surface area contributed by atoms with E-state index < -0.39 is 0 Å². The first-order chi connectivity index (χ1) is 7.95. The number of hydrogen-bond donors (Lipinski definition) is 1. The molecule has 0 aromatic heterocycles. The van der Waals surface area contributed by atoms with Crippen molar-refractivity contribution >= 4 is 0 Å². The first-order valence-electron chi connectivity index (χ1n) is 6.36. The van der Waals surface area contributed by atoms with Crippen molar-refractivity contribution in [2.75, 3.05) is 7.11 Å². The minimum Gasteiger partial charge on any atom is -0.496 e. The Bertz CT molecular complexity index is 371. The summed E-state index contributed by atoms with van der Waals surface area (Å²) in [5.74, 6) is 1.53. The van der Waals surface area contributed by atoms with Crippen molar-refractivity contribution in [3.63, 3.8) is 0 Å². The molecule has 2 atom stereocenters. The van der Waals surface area contributed by atoms with Gasteiger partial charge in [0.1, 0.15) is 5.75 Å². The molecule has 96 valence electrons. The smallest absolute Gasteiger partial charge is 0.125 e. The lowest BCUT2D eigenvalue weighted by molar-refractivity contribution is 0.400. The first kappa shape index (κ1) is 14.0. The lowest BCUT2D eigenvalue weighted by atomic mass is 9.91. The SMILES string of the molecule is COc1c(C)cc(C)cc1C(C)CCC(C)N. The van der Waals surface area contributed by atoms with Gasteiger partial charge in [0.05, 0.1) is 7.11 Å². The second kappa shape index (κ2) is 6.06. The molecule has 2 heteroatoms. The zero-order valence-corrected chi connectivity index (χ0v) is 11.7. The van der Waals surface area contributed by atoms with E-state index in [4.69, 9.17) is 10.5 Å². The Labute approximate surface area is 105 Å². The van der Waals surface area contributed by atoms with Crippen LogP contribution in [-0.4, -0.2) is 13.2 Å². The van der Waals surface area contributed by atoms with E-state index in [1.165, 1.54) is 16.7 Å². The van der Waals surface area contributed by atoms with Gasteiger partial charge in [-0.05, 0) is 50.7 Å². The van der Waals surface area contributed by atoms with Crippen LogP contribution in [0.3, 0.4) is 0 Å². The zero-order valence-electron chi connectivity index (χ0n) is 11.7. The van der Waals surface area contributed by atoms with Crippen LogP contribution in [0.2, 0.25) is 0 Å². The first-order valence-corrected chi connectivity index (χ1v) is 6.36. The third kappa shape index (κ3) is 3.74. The molecule has 0 amide bonds. The van der Waals surface area contributed by atoms with Gasteiger partial charge in [0.15, 0.2) is 0 Å². The maximum absolute atomic E-state index is 5.82. The predicted octanol–water partition coefficient (Wildman–Crippen LogP) is 3.54. The molecule has 1 aromatic rings. The van der Waals surface area contributed by atoms with Gasteiger partial charge >= 0.3 is 0 Å². The molecule has 0 saturated heterocycles. The summed E-state index contributed by atoms with van der Waals surface area (Å²) in [4.78, 5) is 0. The number of nitrogens with two attached hydrogens (primary N) is 1. The van der Waals surface area contributed by atoms with E-state index >= 15 is 0 Å². The molecule has 0 aliphatic rings. The van der Waals surface area contributed by atoms with E-state index in [9.17, 15) is 0 Å². The summed E-state index contributed by atoms with van der Waals surface area (Å²) >= 11 is 0. The lowest BCUT2D eigenvalue weighted by Gasteiger charge is -2.19. The van der Waals surface area contributed by atoms with E-state index in [0.717, 1.165) is 18.6 Å². The van der Waals surface area contributed by atoms with E-state index in [1.54, 1.807) is 7.11 Å². The number of aryl methyl sites for hydroxylation is 2. The average Bonchev–Trinajstić information content (AvgIpc) is 2.24. The number of methoxy groups -OCH3 is 1. The van der Waals surface area contributed by atoms with Crippen LogP contribution in [0.15, 0.2) is 12.1 Å². The summed E-state index contributed by atoms with van der Waals surface area (Å²) in [6.45, 7) is 8.55. The maximum atomic E-state index is 5.82. The maximum Gasteiger partial charge on any atom is 0.125 e. The number of rotatable bonds is 5. The average molecular weight is 235 g/mol. The summed E-state index contributed by atoms with van der Waals surface area (Å²) in [6.07, 6.45) is 2.16. The van der Waals surface area contributed by atoms with Gasteiger partial charge in [-0.2, -0.15) is 0 Å². The Morgan fingerprint density at radius 3 is 2.35 bits per heavy atom. The molecule has 0 aliphatic carbocycles. The second-order valence-corrected chi connectivity index (χ2v) is 5.16. The van der Waals surface area contributed by atoms with Crippen molar-refractivity contribution in [2.45, 2.75) is 52.5 Å². The molecule has 0 saturated carbocycles. The fourth-order valence-electron chi connectivity index (χ4n) is 2.30. The zero-order chi connectivity index (χ0) is 13.0. The molecule has 2 N–H and O–H groups in total. The summed E-state index contributed by atoms with van der Waals surface area (Å²) in [7, 11) is 1.75. The van der Waals surface area contributed by atoms with Gasteiger partial charge in [-0.3, -0.25) is 0 Å². The van der Waals surface area contributed by atoms with E-state index in [-0.39, 0.29) is 6.04 Å². The molecular formula is C15H25NO. The Kier molecular flexibility index (Phi) is 5.01. The molecular weight excluding hydrogens is 210 g/mol. The molecule has 2 unspecified atom stereocenters. The lowest BCUT2D eigenvalue weighted by Crippen LogP contribution is -2.15. The van der Waals surface area contributed by atoms with E-state index in [1.807, 2.05) is 0 Å². The fourth-order valence-corrected chi connectivity index (χ4v) is 2.30. The van der Waals surface area contributed by atoms with Crippen molar-refractivity contribution in [3.05, 3.63) is 28.8 Å². The molecule has 0 bridgehead atoms. The van der Waals surface area contributed by atoms with Crippen LogP contribution in [0.5, 0.6) is 5.75 Å². The quantitative estimate of drug-likeness (QED) is 0.847. The van der Waals surface area contributed by atoms with Crippen molar-refractivity contribution < 1.29 is 4.74 Å². The molecule has 1 rings (SSSR count). The number of benzene rings is 1. The summed E-state index contributed by atoms with van der Waals surface area (Å²) in [5, 5.41) is 0. The minimum absolute atomic E-state index is 0.273. The molecule has 2 nitrogen and oxygen atoms in total. The van der Waals surface area contributed by atoms with Gasteiger partial charge in [-0.25, -0.2) is 0 Å². The Morgan fingerprint density at radius 2 is 1.82 bits per heavy atom. The highest BCUT2D eigenvalue weighted by Crippen LogP contribution is 2.33. The topological polar surface area (TPSA) is 35.2 Å². The van der Waals surface area contributed by atoms with Crippen molar-refractivity contribution in [1.82, 2.24) is 0 Å². The molecule has 17 heavy (non-hydrogen) atoms. The van der Waals surface area contributed by atoms with Gasteiger partial charge in [-0.15, -0.1) is 0 Å². The third-order valence-electron chi connectivity index (χ3n) is 3.24. The number of hydrogen-bond acceptors (Lipinski definition) is 2. The van der Waals surface area contributed by atoms with E-state index in [2.05, 4.69) is 39.8 Å².